The normalized spacial score (nSPS) is 11.5. The molecule has 0 radical (unpaired) electrons. The van der Waals surface area contributed by atoms with Gasteiger partial charge >= 0.3 is 0 Å². The van der Waals surface area contributed by atoms with Crippen LogP contribution in [-0.2, 0) is 4.79 Å². The minimum atomic E-state index is -0.355. The van der Waals surface area contributed by atoms with E-state index < -0.39 is 0 Å². The Morgan fingerprint density at radius 2 is 1.61 bits per heavy atom. The van der Waals surface area contributed by atoms with Crippen molar-refractivity contribution in [3.05, 3.63) is 82.3 Å². The Bertz CT molecular complexity index is 1070. The van der Waals surface area contributed by atoms with Crippen molar-refractivity contribution in [3.8, 4) is 5.75 Å². The molecule has 0 bridgehead atoms. The third kappa shape index (κ3) is 6.40. The number of methoxy groups -OCH3 is 1. The number of hydrogen-bond donors (Lipinski definition) is 2. The van der Waals surface area contributed by atoms with E-state index >= 15 is 0 Å². The van der Waals surface area contributed by atoms with Crippen LogP contribution in [-0.4, -0.2) is 24.2 Å². The molecule has 3 aromatic carbocycles. The third-order valence-electron chi connectivity index (χ3n) is 4.34. The van der Waals surface area contributed by atoms with Gasteiger partial charge in [0.15, 0.2) is 0 Å². The standard InChI is InChI=1S/C23H20Cl2N2O3S/c1-14(22(28)27-21-12-5-16(24)13-20(21)25)31-19-10-6-17(7-11-19)26-23(29)15-3-8-18(30-2)9-4-15/h3-14H,1-2H3,(H,26,29)(H,27,28). The number of benzene rings is 3. The van der Waals surface area contributed by atoms with Gasteiger partial charge in [0.1, 0.15) is 5.75 Å². The molecule has 160 valence electrons. The van der Waals surface area contributed by atoms with Gasteiger partial charge in [0.2, 0.25) is 5.91 Å². The van der Waals surface area contributed by atoms with Gasteiger partial charge in [-0.1, -0.05) is 23.2 Å². The van der Waals surface area contributed by atoms with Gasteiger partial charge < -0.3 is 15.4 Å². The highest BCUT2D eigenvalue weighted by Gasteiger charge is 2.16. The summed E-state index contributed by atoms with van der Waals surface area (Å²) in [7, 11) is 1.58. The van der Waals surface area contributed by atoms with E-state index in [1.165, 1.54) is 11.8 Å². The van der Waals surface area contributed by atoms with E-state index in [0.29, 0.717) is 32.7 Å². The summed E-state index contributed by atoms with van der Waals surface area (Å²) in [5, 5.41) is 6.19. The molecule has 0 saturated heterocycles. The average Bonchev–Trinajstić information content (AvgIpc) is 2.77. The van der Waals surface area contributed by atoms with Gasteiger partial charge in [-0.15, -0.1) is 11.8 Å². The van der Waals surface area contributed by atoms with Gasteiger partial charge in [-0.2, -0.15) is 0 Å². The van der Waals surface area contributed by atoms with Gasteiger partial charge in [-0.25, -0.2) is 0 Å². The largest absolute Gasteiger partial charge is 0.497 e. The van der Waals surface area contributed by atoms with Crippen molar-refractivity contribution in [3.63, 3.8) is 0 Å². The summed E-state index contributed by atoms with van der Waals surface area (Å²) in [6.45, 7) is 1.81. The molecule has 8 heteroatoms. The van der Waals surface area contributed by atoms with Gasteiger partial charge in [-0.05, 0) is 73.7 Å². The van der Waals surface area contributed by atoms with Gasteiger partial charge in [-0.3, -0.25) is 9.59 Å². The maximum Gasteiger partial charge on any atom is 0.255 e. The molecule has 1 unspecified atom stereocenters. The lowest BCUT2D eigenvalue weighted by Gasteiger charge is -2.13. The summed E-state index contributed by atoms with van der Waals surface area (Å²) >= 11 is 13.4. The lowest BCUT2D eigenvalue weighted by atomic mass is 10.2. The number of halogens is 2. The monoisotopic (exact) mass is 474 g/mol. The fourth-order valence-electron chi connectivity index (χ4n) is 2.65. The van der Waals surface area contributed by atoms with E-state index in [0.717, 1.165) is 4.90 Å². The number of anilines is 2. The van der Waals surface area contributed by atoms with Crippen molar-refractivity contribution in [2.75, 3.05) is 17.7 Å². The van der Waals surface area contributed by atoms with E-state index in [9.17, 15) is 9.59 Å². The summed E-state index contributed by atoms with van der Waals surface area (Å²) in [4.78, 5) is 25.7. The quantitative estimate of drug-likeness (QED) is 0.390. The van der Waals surface area contributed by atoms with E-state index in [1.807, 2.05) is 19.1 Å². The van der Waals surface area contributed by atoms with Crippen LogP contribution in [0.5, 0.6) is 5.75 Å². The molecule has 0 saturated carbocycles. The van der Waals surface area contributed by atoms with Crippen LogP contribution < -0.4 is 15.4 Å². The fraction of sp³-hybridized carbons (Fsp3) is 0.130. The van der Waals surface area contributed by atoms with Crippen LogP contribution in [0.4, 0.5) is 11.4 Å². The minimum Gasteiger partial charge on any atom is -0.497 e. The predicted molar refractivity (Wildman–Crippen MR) is 128 cm³/mol. The summed E-state index contributed by atoms with van der Waals surface area (Å²) in [5.74, 6) is 0.302. The zero-order valence-corrected chi connectivity index (χ0v) is 19.1. The lowest BCUT2D eigenvalue weighted by molar-refractivity contribution is -0.115. The van der Waals surface area contributed by atoms with Crippen molar-refractivity contribution in [2.45, 2.75) is 17.1 Å². The first-order valence-corrected chi connectivity index (χ1v) is 11.0. The van der Waals surface area contributed by atoms with Crippen molar-refractivity contribution >= 4 is 58.2 Å². The second kappa shape index (κ2) is 10.6. The highest BCUT2D eigenvalue weighted by molar-refractivity contribution is 8.00. The maximum absolute atomic E-state index is 12.5. The second-order valence-corrected chi connectivity index (χ2v) is 8.84. The van der Waals surface area contributed by atoms with E-state index in [1.54, 1.807) is 61.7 Å². The number of thioether (sulfide) groups is 1. The van der Waals surface area contributed by atoms with Crippen LogP contribution in [0.15, 0.2) is 71.6 Å². The first kappa shape index (κ1) is 23.0. The molecule has 0 aromatic heterocycles. The SMILES string of the molecule is COc1ccc(C(=O)Nc2ccc(SC(C)C(=O)Nc3ccc(Cl)cc3Cl)cc2)cc1. The summed E-state index contributed by atoms with van der Waals surface area (Å²) in [5.41, 5.74) is 1.71. The molecule has 0 aliphatic heterocycles. The Morgan fingerprint density at radius 1 is 0.935 bits per heavy atom. The Labute approximate surface area is 195 Å². The number of carbonyl (C=O) groups excluding carboxylic acids is 2. The Kier molecular flexibility index (Phi) is 7.85. The number of nitrogens with one attached hydrogen (secondary N) is 2. The number of ether oxygens (including phenoxy) is 1. The molecule has 2 N–H and O–H groups in total. The summed E-state index contributed by atoms with van der Waals surface area (Å²) in [6.07, 6.45) is 0. The number of hydrogen-bond acceptors (Lipinski definition) is 4. The molecule has 0 aliphatic rings. The fourth-order valence-corrected chi connectivity index (χ4v) is 3.97. The smallest absolute Gasteiger partial charge is 0.255 e. The molecule has 0 aliphatic carbocycles. The third-order valence-corrected chi connectivity index (χ3v) is 6.00. The molecule has 2 amide bonds. The molecule has 0 heterocycles. The number of amides is 2. The van der Waals surface area contributed by atoms with Gasteiger partial charge in [0, 0.05) is 21.2 Å². The minimum absolute atomic E-state index is 0.175. The molecule has 1 atom stereocenters. The first-order chi connectivity index (χ1) is 14.9. The highest BCUT2D eigenvalue weighted by Crippen LogP contribution is 2.29. The Hall–Kier alpha value is -2.67. The van der Waals surface area contributed by atoms with Crippen molar-refractivity contribution < 1.29 is 14.3 Å². The molecule has 3 rings (SSSR count). The van der Waals surface area contributed by atoms with E-state index in [2.05, 4.69) is 10.6 Å². The van der Waals surface area contributed by atoms with Gasteiger partial charge in [0.25, 0.3) is 5.91 Å². The molecule has 3 aromatic rings. The Morgan fingerprint density at radius 3 is 2.23 bits per heavy atom. The van der Waals surface area contributed by atoms with Crippen LogP contribution in [0.25, 0.3) is 0 Å². The van der Waals surface area contributed by atoms with Crippen LogP contribution in [0.1, 0.15) is 17.3 Å². The molecule has 31 heavy (non-hydrogen) atoms. The molecule has 0 fully saturated rings. The molecule has 0 spiro atoms. The summed E-state index contributed by atoms with van der Waals surface area (Å²) < 4.78 is 5.10. The van der Waals surface area contributed by atoms with Crippen molar-refractivity contribution in [2.24, 2.45) is 0 Å². The highest BCUT2D eigenvalue weighted by atomic mass is 35.5. The molecular formula is C23H20Cl2N2O3S. The van der Waals surface area contributed by atoms with Crippen LogP contribution >= 0.6 is 35.0 Å². The zero-order chi connectivity index (χ0) is 22.4. The molecular weight excluding hydrogens is 455 g/mol. The zero-order valence-electron chi connectivity index (χ0n) is 16.8. The maximum atomic E-state index is 12.5. The average molecular weight is 475 g/mol. The summed E-state index contributed by atoms with van der Waals surface area (Å²) in [6, 6.07) is 19.1. The van der Waals surface area contributed by atoms with E-state index in [4.69, 9.17) is 27.9 Å². The molecule has 5 nitrogen and oxygen atoms in total. The van der Waals surface area contributed by atoms with Crippen molar-refractivity contribution in [1.29, 1.82) is 0 Å². The van der Waals surface area contributed by atoms with Crippen LogP contribution in [0, 0.1) is 0 Å². The van der Waals surface area contributed by atoms with Gasteiger partial charge in [0.05, 0.1) is 23.1 Å². The first-order valence-electron chi connectivity index (χ1n) is 9.34. The van der Waals surface area contributed by atoms with Crippen LogP contribution in [0.3, 0.4) is 0 Å². The lowest BCUT2D eigenvalue weighted by Crippen LogP contribution is -2.22. The van der Waals surface area contributed by atoms with Crippen molar-refractivity contribution in [1.82, 2.24) is 0 Å². The number of carbonyl (C=O) groups is 2. The van der Waals surface area contributed by atoms with Crippen LogP contribution in [0.2, 0.25) is 10.0 Å². The second-order valence-electron chi connectivity index (χ2n) is 6.58. The predicted octanol–water partition coefficient (Wildman–Crippen LogP) is 6.37. The number of rotatable bonds is 7. The van der Waals surface area contributed by atoms with E-state index in [-0.39, 0.29) is 17.1 Å². The Balaban J connectivity index is 1.56. The topological polar surface area (TPSA) is 67.4 Å².